The van der Waals surface area contributed by atoms with Gasteiger partial charge in [-0.05, 0) is 53.3 Å². The van der Waals surface area contributed by atoms with Crippen molar-refractivity contribution in [1.29, 1.82) is 0 Å². The molecule has 2 rings (SSSR count). The van der Waals surface area contributed by atoms with Gasteiger partial charge >= 0.3 is 0 Å². The van der Waals surface area contributed by atoms with E-state index >= 15 is 0 Å². The lowest BCUT2D eigenvalue weighted by Crippen LogP contribution is -2.21. The quantitative estimate of drug-likeness (QED) is 0.569. The van der Waals surface area contributed by atoms with Crippen molar-refractivity contribution < 1.29 is 9.50 Å². The Morgan fingerprint density at radius 2 is 2.11 bits per heavy atom. The van der Waals surface area contributed by atoms with E-state index < -0.39 is 0 Å². The molecule has 0 aromatic heterocycles. The van der Waals surface area contributed by atoms with Gasteiger partial charge in [-0.2, -0.15) is 0 Å². The smallest absolute Gasteiger partial charge is 0.138 e. The van der Waals surface area contributed by atoms with Crippen LogP contribution in [0.5, 0.6) is 0 Å². The first-order valence-corrected chi connectivity index (χ1v) is 7.29. The average molecular weight is 364 g/mol. The number of aliphatic hydroxyl groups is 1. The van der Waals surface area contributed by atoms with E-state index in [1.807, 2.05) is 22.6 Å². The first-order chi connectivity index (χ1) is 8.61. The number of anilines is 2. The molecule has 1 fully saturated rings. The lowest BCUT2D eigenvalue weighted by molar-refractivity contribution is 0.199. The zero-order valence-electron chi connectivity index (χ0n) is 10.1. The number of halogens is 2. The number of rotatable bonds is 4. The molecular formula is C13H18FIN2O. The summed E-state index contributed by atoms with van der Waals surface area (Å²) in [4.78, 5) is 0. The van der Waals surface area contributed by atoms with Crippen molar-refractivity contribution in [2.45, 2.75) is 19.3 Å². The van der Waals surface area contributed by atoms with E-state index in [-0.39, 0.29) is 12.4 Å². The number of aliphatic hydroxyl groups excluding tert-OH is 1. The predicted molar refractivity (Wildman–Crippen MR) is 79.9 cm³/mol. The standard InChI is InChI=1S/C13H18FIN2O/c14-10-4-13(12(16)5-11(10)15)17-6-8-2-1-3-9(8)7-18/h4-5,8-9,17-18H,1-3,6-7,16H2. The van der Waals surface area contributed by atoms with Crippen molar-refractivity contribution in [3.05, 3.63) is 21.5 Å². The highest BCUT2D eigenvalue weighted by molar-refractivity contribution is 14.1. The molecule has 0 spiro atoms. The molecule has 5 heteroatoms. The Kier molecular flexibility index (Phi) is 4.66. The van der Waals surface area contributed by atoms with Gasteiger partial charge in [0.15, 0.2) is 0 Å². The molecule has 0 radical (unpaired) electrons. The van der Waals surface area contributed by atoms with Gasteiger partial charge in [-0.25, -0.2) is 4.39 Å². The van der Waals surface area contributed by atoms with Crippen LogP contribution in [0.3, 0.4) is 0 Å². The average Bonchev–Trinajstić information content (AvgIpc) is 2.79. The second kappa shape index (κ2) is 6.06. The van der Waals surface area contributed by atoms with Gasteiger partial charge in [-0.1, -0.05) is 6.42 Å². The Morgan fingerprint density at radius 1 is 1.39 bits per heavy atom. The molecule has 18 heavy (non-hydrogen) atoms. The highest BCUT2D eigenvalue weighted by Crippen LogP contribution is 2.32. The number of hydrogen-bond donors (Lipinski definition) is 3. The minimum absolute atomic E-state index is 0.239. The lowest BCUT2D eigenvalue weighted by atomic mass is 9.97. The van der Waals surface area contributed by atoms with Crippen LogP contribution >= 0.6 is 22.6 Å². The van der Waals surface area contributed by atoms with E-state index in [1.54, 1.807) is 6.07 Å². The lowest BCUT2D eigenvalue weighted by Gasteiger charge is -2.19. The summed E-state index contributed by atoms with van der Waals surface area (Å²) in [6.45, 7) is 0.984. The molecule has 0 aliphatic heterocycles. The van der Waals surface area contributed by atoms with Crippen LogP contribution in [0, 0.1) is 21.2 Å². The minimum Gasteiger partial charge on any atom is -0.397 e. The maximum Gasteiger partial charge on any atom is 0.138 e. The summed E-state index contributed by atoms with van der Waals surface area (Å²) in [6.07, 6.45) is 3.36. The molecule has 2 atom stereocenters. The van der Waals surface area contributed by atoms with Crippen LogP contribution in [-0.2, 0) is 0 Å². The fourth-order valence-corrected chi connectivity index (χ4v) is 3.07. The zero-order chi connectivity index (χ0) is 13.1. The van der Waals surface area contributed by atoms with E-state index in [1.165, 1.54) is 6.07 Å². The second-order valence-electron chi connectivity index (χ2n) is 4.87. The van der Waals surface area contributed by atoms with Gasteiger partial charge in [-0.3, -0.25) is 0 Å². The zero-order valence-corrected chi connectivity index (χ0v) is 12.3. The van der Waals surface area contributed by atoms with Crippen LogP contribution in [0.25, 0.3) is 0 Å². The molecule has 1 aliphatic carbocycles. The molecule has 0 heterocycles. The molecule has 1 aromatic carbocycles. The van der Waals surface area contributed by atoms with E-state index in [0.717, 1.165) is 25.8 Å². The normalized spacial score (nSPS) is 23.3. The Balaban J connectivity index is 2.00. The van der Waals surface area contributed by atoms with Gasteiger partial charge < -0.3 is 16.2 Å². The SMILES string of the molecule is Nc1cc(I)c(F)cc1NCC1CCCC1CO. The van der Waals surface area contributed by atoms with Crippen molar-refractivity contribution in [3.8, 4) is 0 Å². The van der Waals surface area contributed by atoms with Gasteiger partial charge in [0.2, 0.25) is 0 Å². The minimum atomic E-state index is -0.252. The van der Waals surface area contributed by atoms with E-state index in [9.17, 15) is 9.50 Å². The highest BCUT2D eigenvalue weighted by atomic mass is 127. The molecule has 1 saturated carbocycles. The summed E-state index contributed by atoms with van der Waals surface area (Å²) in [5, 5.41) is 12.5. The summed E-state index contributed by atoms with van der Waals surface area (Å²) >= 11 is 1.93. The molecule has 1 aromatic rings. The van der Waals surface area contributed by atoms with Crippen molar-refractivity contribution >= 4 is 34.0 Å². The molecule has 100 valence electrons. The van der Waals surface area contributed by atoms with Crippen LogP contribution in [0.2, 0.25) is 0 Å². The van der Waals surface area contributed by atoms with Gasteiger partial charge in [0.25, 0.3) is 0 Å². The van der Waals surface area contributed by atoms with Crippen molar-refractivity contribution in [2.75, 3.05) is 24.2 Å². The number of nitrogens with one attached hydrogen (secondary N) is 1. The van der Waals surface area contributed by atoms with E-state index in [2.05, 4.69) is 5.32 Å². The summed E-state index contributed by atoms with van der Waals surface area (Å²) in [5.41, 5.74) is 7.08. The predicted octanol–water partition coefficient (Wildman–Crippen LogP) is 2.83. The highest BCUT2D eigenvalue weighted by Gasteiger charge is 2.26. The Bertz CT molecular complexity index is 428. The van der Waals surface area contributed by atoms with Gasteiger partial charge in [-0.15, -0.1) is 0 Å². The molecule has 0 saturated heterocycles. The molecule has 0 amide bonds. The third-order valence-corrected chi connectivity index (χ3v) is 4.52. The van der Waals surface area contributed by atoms with Crippen molar-refractivity contribution in [1.82, 2.24) is 0 Å². The van der Waals surface area contributed by atoms with Gasteiger partial charge in [0, 0.05) is 19.2 Å². The molecular weight excluding hydrogens is 346 g/mol. The van der Waals surface area contributed by atoms with Crippen molar-refractivity contribution in [2.24, 2.45) is 11.8 Å². The Morgan fingerprint density at radius 3 is 2.83 bits per heavy atom. The van der Waals surface area contributed by atoms with Crippen LogP contribution in [0.15, 0.2) is 12.1 Å². The first-order valence-electron chi connectivity index (χ1n) is 6.21. The first kappa shape index (κ1) is 13.9. The molecule has 0 bridgehead atoms. The van der Waals surface area contributed by atoms with Crippen LogP contribution in [0.4, 0.5) is 15.8 Å². The van der Waals surface area contributed by atoms with Gasteiger partial charge in [0.1, 0.15) is 5.82 Å². The van der Waals surface area contributed by atoms with E-state index in [0.29, 0.717) is 26.8 Å². The van der Waals surface area contributed by atoms with Crippen LogP contribution < -0.4 is 11.1 Å². The Hall–Kier alpha value is -0.560. The van der Waals surface area contributed by atoms with E-state index in [4.69, 9.17) is 5.73 Å². The fourth-order valence-electron chi connectivity index (χ4n) is 2.58. The fraction of sp³-hybridized carbons (Fsp3) is 0.538. The summed E-state index contributed by atoms with van der Waals surface area (Å²) in [7, 11) is 0. The van der Waals surface area contributed by atoms with Crippen LogP contribution in [0.1, 0.15) is 19.3 Å². The molecule has 2 unspecified atom stereocenters. The van der Waals surface area contributed by atoms with Crippen LogP contribution in [-0.4, -0.2) is 18.3 Å². The second-order valence-corrected chi connectivity index (χ2v) is 6.03. The van der Waals surface area contributed by atoms with Gasteiger partial charge in [0.05, 0.1) is 14.9 Å². The Labute approximate surface area is 120 Å². The third-order valence-electron chi connectivity index (χ3n) is 3.70. The number of nitrogen functional groups attached to an aromatic ring is 1. The summed E-state index contributed by atoms with van der Waals surface area (Å²) in [6, 6.07) is 3.08. The number of benzene rings is 1. The summed E-state index contributed by atoms with van der Waals surface area (Å²) in [5.74, 6) is 0.571. The maximum atomic E-state index is 13.5. The molecule has 1 aliphatic rings. The van der Waals surface area contributed by atoms with Crippen molar-refractivity contribution in [3.63, 3.8) is 0 Å². The topological polar surface area (TPSA) is 58.3 Å². The summed E-state index contributed by atoms with van der Waals surface area (Å²) < 4.78 is 14.0. The molecule has 4 N–H and O–H groups in total. The number of nitrogens with two attached hydrogens (primary N) is 1. The monoisotopic (exact) mass is 364 g/mol. The molecule has 3 nitrogen and oxygen atoms in total. The maximum absolute atomic E-state index is 13.5. The third kappa shape index (κ3) is 3.06. The number of hydrogen-bond acceptors (Lipinski definition) is 3. The largest absolute Gasteiger partial charge is 0.397 e.